The highest BCUT2D eigenvalue weighted by molar-refractivity contribution is 5.94. The molecule has 0 atom stereocenters. The molecule has 134 valence electrons. The van der Waals surface area contributed by atoms with Crippen molar-refractivity contribution in [2.24, 2.45) is 0 Å². The fraction of sp³-hybridized carbons (Fsp3) is 0.381. The molecule has 0 N–H and O–H groups in total. The molecule has 0 radical (unpaired) electrons. The molecule has 0 saturated heterocycles. The van der Waals surface area contributed by atoms with Crippen LogP contribution >= 0.6 is 0 Å². The quantitative estimate of drug-likeness (QED) is 0.815. The van der Waals surface area contributed by atoms with Crippen LogP contribution in [0.25, 0.3) is 0 Å². The number of hydrogen-bond donors (Lipinski definition) is 0. The van der Waals surface area contributed by atoms with Gasteiger partial charge >= 0.3 is 0 Å². The molecular formula is C21H27NO3. The van der Waals surface area contributed by atoms with Crippen LogP contribution in [0.3, 0.4) is 0 Å². The molecule has 2 aromatic carbocycles. The molecule has 0 spiro atoms. The Morgan fingerprint density at radius 1 is 0.960 bits per heavy atom. The molecule has 0 saturated carbocycles. The number of amides is 1. The highest BCUT2D eigenvalue weighted by Gasteiger charge is 2.16. The highest BCUT2D eigenvalue weighted by Crippen LogP contribution is 2.25. The summed E-state index contributed by atoms with van der Waals surface area (Å²) in [6.07, 6.45) is 0. The van der Waals surface area contributed by atoms with Gasteiger partial charge < -0.3 is 14.4 Å². The Kier molecular flexibility index (Phi) is 5.73. The molecule has 0 aliphatic rings. The standard InChI is InChI=1S/C21H27NO3/c1-21(2,3)17-9-7-15(8-10-17)14-22(4)20(23)16-11-18(24-5)13-19(12-16)25-6/h7-13H,14H2,1-6H3. The van der Waals surface area contributed by atoms with Gasteiger partial charge in [0.15, 0.2) is 0 Å². The molecular weight excluding hydrogens is 314 g/mol. The number of nitrogens with zero attached hydrogens (tertiary/aromatic N) is 1. The van der Waals surface area contributed by atoms with Crippen LogP contribution in [0.4, 0.5) is 0 Å². The number of methoxy groups -OCH3 is 2. The van der Waals surface area contributed by atoms with E-state index in [0.29, 0.717) is 23.6 Å². The Morgan fingerprint density at radius 2 is 1.48 bits per heavy atom. The van der Waals surface area contributed by atoms with Crippen molar-refractivity contribution < 1.29 is 14.3 Å². The first-order valence-corrected chi connectivity index (χ1v) is 8.32. The number of ether oxygens (including phenoxy) is 2. The van der Waals surface area contributed by atoms with Crippen LogP contribution in [0.2, 0.25) is 0 Å². The Labute approximate surface area is 150 Å². The molecule has 1 amide bonds. The van der Waals surface area contributed by atoms with Crippen molar-refractivity contribution in [3.63, 3.8) is 0 Å². The van der Waals surface area contributed by atoms with Crippen LogP contribution in [0.1, 0.15) is 42.3 Å². The fourth-order valence-corrected chi connectivity index (χ4v) is 2.61. The molecule has 0 fully saturated rings. The summed E-state index contributed by atoms with van der Waals surface area (Å²) >= 11 is 0. The molecule has 0 aromatic heterocycles. The topological polar surface area (TPSA) is 38.8 Å². The van der Waals surface area contributed by atoms with E-state index >= 15 is 0 Å². The van der Waals surface area contributed by atoms with E-state index in [2.05, 4.69) is 45.0 Å². The Balaban J connectivity index is 2.15. The number of benzene rings is 2. The van der Waals surface area contributed by atoms with E-state index in [4.69, 9.17) is 9.47 Å². The lowest BCUT2D eigenvalue weighted by molar-refractivity contribution is 0.0784. The van der Waals surface area contributed by atoms with Crippen LogP contribution in [-0.4, -0.2) is 32.1 Å². The molecule has 0 aliphatic heterocycles. The van der Waals surface area contributed by atoms with Gasteiger partial charge in [0.05, 0.1) is 14.2 Å². The van der Waals surface area contributed by atoms with Gasteiger partial charge in [0.2, 0.25) is 0 Å². The van der Waals surface area contributed by atoms with E-state index in [9.17, 15) is 4.79 Å². The first-order chi connectivity index (χ1) is 11.7. The third-order valence-corrected chi connectivity index (χ3v) is 4.18. The van der Waals surface area contributed by atoms with Crippen LogP contribution in [0, 0.1) is 0 Å². The first-order valence-electron chi connectivity index (χ1n) is 8.32. The van der Waals surface area contributed by atoms with E-state index in [0.717, 1.165) is 5.56 Å². The van der Waals surface area contributed by atoms with Gasteiger partial charge in [-0.3, -0.25) is 4.79 Å². The number of hydrogen-bond acceptors (Lipinski definition) is 3. The van der Waals surface area contributed by atoms with Gasteiger partial charge in [-0.1, -0.05) is 45.0 Å². The zero-order valence-corrected chi connectivity index (χ0v) is 15.9. The van der Waals surface area contributed by atoms with Gasteiger partial charge in [0.25, 0.3) is 5.91 Å². The molecule has 0 bridgehead atoms. The van der Waals surface area contributed by atoms with Gasteiger partial charge in [-0.2, -0.15) is 0 Å². The molecule has 25 heavy (non-hydrogen) atoms. The lowest BCUT2D eigenvalue weighted by Gasteiger charge is -2.21. The zero-order valence-electron chi connectivity index (χ0n) is 15.9. The molecule has 0 heterocycles. The highest BCUT2D eigenvalue weighted by atomic mass is 16.5. The monoisotopic (exact) mass is 341 g/mol. The lowest BCUT2D eigenvalue weighted by Crippen LogP contribution is -2.26. The Morgan fingerprint density at radius 3 is 1.92 bits per heavy atom. The van der Waals surface area contributed by atoms with Crippen molar-refractivity contribution >= 4 is 5.91 Å². The van der Waals surface area contributed by atoms with Gasteiger partial charge in [-0.05, 0) is 28.7 Å². The van der Waals surface area contributed by atoms with Crippen LogP contribution in [0.5, 0.6) is 11.5 Å². The van der Waals surface area contributed by atoms with Gasteiger partial charge in [-0.15, -0.1) is 0 Å². The molecule has 0 aliphatic carbocycles. The minimum atomic E-state index is -0.0721. The van der Waals surface area contributed by atoms with Gasteiger partial charge in [0.1, 0.15) is 11.5 Å². The van der Waals surface area contributed by atoms with Crippen molar-refractivity contribution in [1.82, 2.24) is 4.90 Å². The maximum absolute atomic E-state index is 12.7. The van der Waals surface area contributed by atoms with E-state index < -0.39 is 0 Å². The Hall–Kier alpha value is -2.49. The second kappa shape index (κ2) is 7.60. The SMILES string of the molecule is COc1cc(OC)cc(C(=O)N(C)Cc2ccc(C(C)(C)C)cc2)c1. The number of rotatable bonds is 5. The minimum Gasteiger partial charge on any atom is -0.497 e. The summed E-state index contributed by atoms with van der Waals surface area (Å²) in [6.45, 7) is 7.11. The fourth-order valence-electron chi connectivity index (χ4n) is 2.61. The maximum Gasteiger partial charge on any atom is 0.254 e. The van der Waals surface area contributed by atoms with Crippen LogP contribution in [-0.2, 0) is 12.0 Å². The van der Waals surface area contributed by atoms with Crippen molar-refractivity contribution in [2.75, 3.05) is 21.3 Å². The van der Waals surface area contributed by atoms with Crippen molar-refractivity contribution in [2.45, 2.75) is 32.7 Å². The molecule has 4 heteroatoms. The summed E-state index contributed by atoms with van der Waals surface area (Å²) in [7, 11) is 4.94. The van der Waals surface area contributed by atoms with E-state index in [1.54, 1.807) is 44.4 Å². The molecule has 0 unspecified atom stereocenters. The summed E-state index contributed by atoms with van der Waals surface area (Å²) in [5, 5.41) is 0. The third kappa shape index (κ3) is 4.75. The summed E-state index contributed by atoms with van der Waals surface area (Å²) in [5.74, 6) is 1.13. The largest absolute Gasteiger partial charge is 0.497 e. The molecule has 2 rings (SSSR count). The van der Waals surface area contributed by atoms with Crippen LogP contribution in [0.15, 0.2) is 42.5 Å². The summed E-state index contributed by atoms with van der Waals surface area (Å²) in [4.78, 5) is 14.4. The molecule has 4 nitrogen and oxygen atoms in total. The van der Waals surface area contributed by atoms with E-state index in [1.807, 2.05) is 0 Å². The van der Waals surface area contributed by atoms with Gasteiger partial charge in [0, 0.05) is 25.2 Å². The summed E-state index contributed by atoms with van der Waals surface area (Å²) in [5.41, 5.74) is 3.05. The Bertz CT molecular complexity index is 708. The van der Waals surface area contributed by atoms with Crippen molar-refractivity contribution in [3.05, 3.63) is 59.2 Å². The maximum atomic E-state index is 12.7. The van der Waals surface area contributed by atoms with Crippen LogP contribution < -0.4 is 9.47 Å². The van der Waals surface area contributed by atoms with Crippen molar-refractivity contribution in [1.29, 1.82) is 0 Å². The predicted molar refractivity (Wildman–Crippen MR) is 100 cm³/mol. The van der Waals surface area contributed by atoms with E-state index in [-0.39, 0.29) is 11.3 Å². The predicted octanol–water partition coefficient (Wildman–Crippen LogP) is 4.27. The minimum absolute atomic E-state index is 0.0721. The van der Waals surface area contributed by atoms with Crippen molar-refractivity contribution in [3.8, 4) is 11.5 Å². The average molecular weight is 341 g/mol. The normalized spacial score (nSPS) is 11.1. The first kappa shape index (κ1) is 18.8. The van der Waals surface area contributed by atoms with E-state index in [1.165, 1.54) is 5.56 Å². The molecule has 2 aromatic rings. The lowest BCUT2D eigenvalue weighted by atomic mass is 9.87. The average Bonchev–Trinajstić information content (AvgIpc) is 2.60. The third-order valence-electron chi connectivity index (χ3n) is 4.18. The number of carbonyl (C=O) groups is 1. The summed E-state index contributed by atoms with van der Waals surface area (Å²) < 4.78 is 10.5. The second-order valence-corrected chi connectivity index (χ2v) is 7.21. The summed E-state index contributed by atoms with van der Waals surface area (Å²) in [6, 6.07) is 13.6. The smallest absolute Gasteiger partial charge is 0.254 e. The van der Waals surface area contributed by atoms with Gasteiger partial charge in [-0.25, -0.2) is 0 Å². The second-order valence-electron chi connectivity index (χ2n) is 7.21. The zero-order chi connectivity index (χ0) is 18.6. The number of carbonyl (C=O) groups excluding carboxylic acids is 1.